The van der Waals surface area contributed by atoms with Crippen LogP contribution in [0.4, 0.5) is 0 Å². The SMILES string of the molecule is N#CC(=Cc1ccc(OCCCOc2ccc(Cl)cc2)c(Cl)c1)C(=O)NCc1ccco1. The number of benzene rings is 2. The maximum absolute atomic E-state index is 12.2. The molecule has 1 aromatic heterocycles. The molecule has 0 radical (unpaired) electrons. The molecule has 0 aliphatic rings. The van der Waals surface area contributed by atoms with E-state index in [0.29, 0.717) is 46.8 Å². The molecule has 2 aromatic carbocycles. The lowest BCUT2D eigenvalue weighted by atomic mass is 10.1. The molecule has 3 aromatic rings. The highest BCUT2D eigenvalue weighted by molar-refractivity contribution is 6.32. The van der Waals surface area contributed by atoms with Crippen LogP contribution in [0.3, 0.4) is 0 Å². The number of amides is 1. The summed E-state index contributed by atoms with van der Waals surface area (Å²) in [6.07, 6.45) is 3.64. The van der Waals surface area contributed by atoms with Crippen molar-refractivity contribution in [2.45, 2.75) is 13.0 Å². The van der Waals surface area contributed by atoms with Crippen LogP contribution in [0.5, 0.6) is 11.5 Å². The van der Waals surface area contributed by atoms with Gasteiger partial charge in [0.1, 0.15) is 28.9 Å². The van der Waals surface area contributed by atoms with Gasteiger partial charge >= 0.3 is 0 Å². The van der Waals surface area contributed by atoms with Gasteiger partial charge in [-0.2, -0.15) is 5.26 Å². The van der Waals surface area contributed by atoms with Crippen LogP contribution in [0.15, 0.2) is 70.9 Å². The maximum Gasteiger partial charge on any atom is 0.262 e. The van der Waals surface area contributed by atoms with Gasteiger partial charge in [0, 0.05) is 11.4 Å². The van der Waals surface area contributed by atoms with Crippen LogP contribution in [-0.2, 0) is 11.3 Å². The first-order chi connectivity index (χ1) is 15.5. The number of carbonyl (C=O) groups excluding carboxylic acids is 1. The summed E-state index contributed by atoms with van der Waals surface area (Å²) >= 11 is 12.1. The summed E-state index contributed by atoms with van der Waals surface area (Å²) in [6, 6.07) is 17.6. The molecular weight excluding hydrogens is 451 g/mol. The Morgan fingerprint density at radius 1 is 1.09 bits per heavy atom. The van der Waals surface area contributed by atoms with Gasteiger partial charge in [-0.05, 0) is 60.2 Å². The van der Waals surface area contributed by atoms with E-state index in [9.17, 15) is 10.1 Å². The fourth-order valence-electron chi connectivity index (χ4n) is 2.68. The fourth-order valence-corrected chi connectivity index (χ4v) is 3.05. The Labute approximate surface area is 196 Å². The van der Waals surface area contributed by atoms with Crippen molar-refractivity contribution in [2.24, 2.45) is 0 Å². The zero-order valence-corrected chi connectivity index (χ0v) is 18.5. The van der Waals surface area contributed by atoms with Crippen molar-refractivity contribution in [3.05, 3.63) is 87.8 Å². The summed E-state index contributed by atoms with van der Waals surface area (Å²) < 4.78 is 16.5. The highest BCUT2D eigenvalue weighted by Gasteiger charge is 2.10. The Hall–Kier alpha value is -3.40. The Morgan fingerprint density at radius 3 is 2.56 bits per heavy atom. The monoisotopic (exact) mass is 470 g/mol. The molecule has 0 aliphatic heterocycles. The summed E-state index contributed by atoms with van der Waals surface area (Å²) in [5.74, 6) is 1.35. The van der Waals surface area contributed by atoms with Crippen molar-refractivity contribution in [2.75, 3.05) is 13.2 Å². The largest absolute Gasteiger partial charge is 0.493 e. The number of furan rings is 1. The van der Waals surface area contributed by atoms with Gasteiger partial charge in [-0.3, -0.25) is 4.79 Å². The van der Waals surface area contributed by atoms with Crippen molar-refractivity contribution in [3.8, 4) is 17.6 Å². The topological polar surface area (TPSA) is 84.5 Å². The van der Waals surface area contributed by atoms with E-state index < -0.39 is 5.91 Å². The molecule has 1 N–H and O–H groups in total. The van der Waals surface area contributed by atoms with Crippen molar-refractivity contribution < 1.29 is 18.7 Å². The van der Waals surface area contributed by atoms with Gasteiger partial charge in [-0.15, -0.1) is 0 Å². The number of hydrogen-bond donors (Lipinski definition) is 1. The molecule has 164 valence electrons. The molecule has 3 rings (SSSR count). The number of nitrogens with one attached hydrogen (secondary N) is 1. The zero-order valence-electron chi connectivity index (χ0n) is 17.0. The Bertz CT molecular complexity index is 1100. The molecule has 0 fully saturated rings. The van der Waals surface area contributed by atoms with Crippen molar-refractivity contribution >= 4 is 35.2 Å². The van der Waals surface area contributed by atoms with Gasteiger partial charge in [0.2, 0.25) is 0 Å². The number of carbonyl (C=O) groups is 1. The lowest BCUT2D eigenvalue weighted by Gasteiger charge is -2.10. The Kier molecular flexibility index (Phi) is 8.61. The summed E-state index contributed by atoms with van der Waals surface area (Å²) in [5.41, 5.74) is 0.568. The van der Waals surface area contributed by atoms with E-state index in [-0.39, 0.29) is 12.1 Å². The highest BCUT2D eigenvalue weighted by atomic mass is 35.5. The first-order valence-corrected chi connectivity index (χ1v) is 10.5. The van der Waals surface area contributed by atoms with Crippen LogP contribution < -0.4 is 14.8 Å². The molecule has 0 bridgehead atoms. The fraction of sp³-hybridized carbons (Fsp3) is 0.167. The van der Waals surface area contributed by atoms with Crippen LogP contribution >= 0.6 is 23.2 Å². The lowest BCUT2D eigenvalue weighted by Crippen LogP contribution is -2.23. The number of nitriles is 1. The van der Waals surface area contributed by atoms with Gasteiger partial charge in [0.15, 0.2) is 0 Å². The predicted molar refractivity (Wildman–Crippen MR) is 123 cm³/mol. The number of rotatable bonds is 10. The average molecular weight is 471 g/mol. The van der Waals surface area contributed by atoms with E-state index in [2.05, 4.69) is 5.32 Å². The van der Waals surface area contributed by atoms with Crippen molar-refractivity contribution in [1.82, 2.24) is 5.32 Å². The van der Waals surface area contributed by atoms with Gasteiger partial charge < -0.3 is 19.2 Å². The van der Waals surface area contributed by atoms with Crippen LogP contribution in [-0.4, -0.2) is 19.1 Å². The minimum atomic E-state index is -0.499. The summed E-state index contributed by atoms with van der Waals surface area (Å²) in [6.45, 7) is 1.10. The second-order valence-corrected chi connectivity index (χ2v) is 7.47. The zero-order chi connectivity index (χ0) is 22.8. The van der Waals surface area contributed by atoms with Gasteiger partial charge in [0.05, 0.1) is 31.0 Å². The van der Waals surface area contributed by atoms with E-state index in [1.165, 1.54) is 12.3 Å². The third-order valence-electron chi connectivity index (χ3n) is 4.26. The summed E-state index contributed by atoms with van der Waals surface area (Å²) in [5, 5.41) is 13.0. The number of halogens is 2. The number of hydrogen-bond acceptors (Lipinski definition) is 5. The molecule has 0 spiro atoms. The first kappa shape index (κ1) is 23.3. The quantitative estimate of drug-likeness (QED) is 0.234. The van der Waals surface area contributed by atoms with Crippen LogP contribution in [0.25, 0.3) is 6.08 Å². The minimum Gasteiger partial charge on any atom is -0.493 e. The molecule has 8 heteroatoms. The average Bonchev–Trinajstić information content (AvgIpc) is 3.32. The second-order valence-electron chi connectivity index (χ2n) is 6.63. The molecule has 0 saturated heterocycles. The predicted octanol–water partition coefficient (Wildman–Crippen LogP) is 5.66. The minimum absolute atomic E-state index is 0.0411. The first-order valence-electron chi connectivity index (χ1n) is 9.78. The second kappa shape index (κ2) is 11.8. The third-order valence-corrected chi connectivity index (χ3v) is 4.81. The number of ether oxygens (including phenoxy) is 2. The molecule has 6 nitrogen and oxygen atoms in total. The molecule has 1 amide bonds. The molecule has 0 atom stereocenters. The molecule has 0 unspecified atom stereocenters. The molecule has 1 heterocycles. The number of nitrogens with zero attached hydrogens (tertiary/aromatic N) is 1. The standard InChI is InChI=1S/C24H20Cl2N2O4/c25-19-5-7-20(8-6-19)30-11-2-12-32-23-9-4-17(14-22(23)26)13-18(15-27)24(29)28-16-21-3-1-10-31-21/h1,3-10,13-14H,2,11-12,16H2,(H,28,29). The summed E-state index contributed by atoms with van der Waals surface area (Å²) in [7, 11) is 0. The molecule has 0 saturated carbocycles. The Morgan fingerprint density at radius 2 is 1.88 bits per heavy atom. The van der Waals surface area contributed by atoms with Crippen LogP contribution in [0.2, 0.25) is 10.0 Å². The Balaban J connectivity index is 1.49. The van der Waals surface area contributed by atoms with Crippen LogP contribution in [0.1, 0.15) is 17.7 Å². The van der Waals surface area contributed by atoms with Gasteiger partial charge in [0.25, 0.3) is 5.91 Å². The molecular formula is C24H20Cl2N2O4. The van der Waals surface area contributed by atoms with E-state index in [1.807, 2.05) is 6.07 Å². The normalized spacial score (nSPS) is 11.0. The molecule has 0 aliphatic carbocycles. The third kappa shape index (κ3) is 7.09. The smallest absolute Gasteiger partial charge is 0.262 e. The highest BCUT2D eigenvalue weighted by Crippen LogP contribution is 2.26. The summed E-state index contributed by atoms with van der Waals surface area (Å²) in [4.78, 5) is 12.2. The van der Waals surface area contributed by atoms with Gasteiger partial charge in [-0.1, -0.05) is 29.3 Å². The van der Waals surface area contributed by atoms with E-state index in [4.69, 9.17) is 37.1 Å². The van der Waals surface area contributed by atoms with Crippen molar-refractivity contribution in [1.29, 1.82) is 5.26 Å². The van der Waals surface area contributed by atoms with Crippen molar-refractivity contribution in [3.63, 3.8) is 0 Å². The van der Waals surface area contributed by atoms with E-state index in [1.54, 1.807) is 54.6 Å². The maximum atomic E-state index is 12.2. The van der Waals surface area contributed by atoms with E-state index >= 15 is 0 Å². The van der Waals surface area contributed by atoms with Crippen LogP contribution in [0, 0.1) is 11.3 Å². The molecule has 32 heavy (non-hydrogen) atoms. The van der Waals surface area contributed by atoms with Gasteiger partial charge in [-0.25, -0.2) is 0 Å². The van der Waals surface area contributed by atoms with E-state index in [0.717, 1.165) is 5.75 Å². The lowest BCUT2D eigenvalue weighted by molar-refractivity contribution is -0.117.